The van der Waals surface area contributed by atoms with E-state index in [-0.39, 0.29) is 6.04 Å². The Balaban J connectivity index is 2.49. The number of benzene rings is 1. The van der Waals surface area contributed by atoms with Crippen LogP contribution in [0.4, 0.5) is 0 Å². The van der Waals surface area contributed by atoms with Gasteiger partial charge in [0.15, 0.2) is 0 Å². The van der Waals surface area contributed by atoms with E-state index in [9.17, 15) is 0 Å². The molecule has 1 heterocycles. The van der Waals surface area contributed by atoms with Gasteiger partial charge in [-0.05, 0) is 38.3 Å². The van der Waals surface area contributed by atoms with Crippen molar-refractivity contribution in [1.82, 2.24) is 4.57 Å². The molecule has 0 saturated heterocycles. The second kappa shape index (κ2) is 4.92. The molecule has 0 aliphatic heterocycles. The zero-order valence-corrected chi connectivity index (χ0v) is 11.0. The van der Waals surface area contributed by atoms with Crippen LogP contribution in [-0.2, 0) is 6.42 Å². The van der Waals surface area contributed by atoms with Crippen LogP contribution in [0.25, 0.3) is 10.9 Å². The smallest absolute Gasteiger partial charge is 0.0485 e. The number of hydrogen-bond donors (Lipinski definition) is 1. The van der Waals surface area contributed by atoms with Crippen molar-refractivity contribution in [2.24, 2.45) is 5.73 Å². The van der Waals surface area contributed by atoms with Crippen molar-refractivity contribution >= 4 is 10.9 Å². The molecule has 2 heteroatoms. The number of nitrogens with two attached hydrogens (primary N) is 1. The highest BCUT2D eigenvalue weighted by atomic mass is 15.0. The molecule has 2 aromatic rings. The third-order valence-corrected chi connectivity index (χ3v) is 3.39. The van der Waals surface area contributed by atoms with E-state index >= 15 is 0 Å². The highest BCUT2D eigenvalue weighted by molar-refractivity contribution is 5.84. The van der Waals surface area contributed by atoms with Gasteiger partial charge < -0.3 is 10.3 Å². The maximum Gasteiger partial charge on any atom is 0.0485 e. The average molecular weight is 230 g/mol. The SMILES string of the molecule is CCC(N)Cc1cn(C(C)C)c2ccccc12. The molecule has 0 radical (unpaired) electrons. The number of para-hydroxylation sites is 1. The summed E-state index contributed by atoms with van der Waals surface area (Å²) in [5.74, 6) is 0. The highest BCUT2D eigenvalue weighted by Crippen LogP contribution is 2.25. The van der Waals surface area contributed by atoms with Crippen LogP contribution >= 0.6 is 0 Å². The Bertz CT molecular complexity index is 497. The summed E-state index contributed by atoms with van der Waals surface area (Å²) < 4.78 is 2.34. The fourth-order valence-corrected chi connectivity index (χ4v) is 2.29. The summed E-state index contributed by atoms with van der Waals surface area (Å²) in [4.78, 5) is 0. The zero-order valence-electron chi connectivity index (χ0n) is 11.0. The second-order valence-electron chi connectivity index (χ2n) is 5.04. The number of nitrogens with zero attached hydrogens (tertiary/aromatic N) is 1. The largest absolute Gasteiger partial charge is 0.345 e. The molecule has 2 nitrogen and oxygen atoms in total. The lowest BCUT2D eigenvalue weighted by atomic mass is 10.0. The van der Waals surface area contributed by atoms with Crippen LogP contribution in [0.15, 0.2) is 30.5 Å². The normalized spacial score (nSPS) is 13.5. The molecule has 0 fully saturated rings. The minimum Gasteiger partial charge on any atom is -0.345 e. The molecule has 1 aromatic carbocycles. The number of fused-ring (bicyclic) bond motifs is 1. The van der Waals surface area contributed by atoms with Gasteiger partial charge in [0, 0.05) is 29.2 Å². The predicted octanol–water partition coefficient (Wildman–Crippen LogP) is 3.50. The lowest BCUT2D eigenvalue weighted by Gasteiger charge is -2.08. The Morgan fingerprint density at radius 2 is 1.94 bits per heavy atom. The van der Waals surface area contributed by atoms with Crippen LogP contribution in [0, 0.1) is 0 Å². The van der Waals surface area contributed by atoms with Gasteiger partial charge in [-0.25, -0.2) is 0 Å². The second-order valence-corrected chi connectivity index (χ2v) is 5.04. The molecule has 0 aliphatic carbocycles. The number of aromatic nitrogens is 1. The summed E-state index contributed by atoms with van der Waals surface area (Å²) in [7, 11) is 0. The van der Waals surface area contributed by atoms with Crippen molar-refractivity contribution < 1.29 is 0 Å². The molecule has 0 spiro atoms. The summed E-state index contributed by atoms with van der Waals surface area (Å²) in [5.41, 5.74) is 8.77. The third-order valence-electron chi connectivity index (χ3n) is 3.39. The van der Waals surface area contributed by atoms with Gasteiger partial charge in [-0.2, -0.15) is 0 Å². The van der Waals surface area contributed by atoms with Crippen LogP contribution < -0.4 is 5.73 Å². The lowest BCUT2D eigenvalue weighted by Crippen LogP contribution is -2.21. The van der Waals surface area contributed by atoms with E-state index < -0.39 is 0 Å². The van der Waals surface area contributed by atoms with E-state index in [0.717, 1.165) is 12.8 Å². The maximum absolute atomic E-state index is 6.07. The Morgan fingerprint density at radius 1 is 1.24 bits per heavy atom. The first-order valence-corrected chi connectivity index (χ1v) is 6.47. The van der Waals surface area contributed by atoms with Crippen LogP contribution in [0.3, 0.4) is 0 Å². The lowest BCUT2D eigenvalue weighted by molar-refractivity contribution is 0.612. The molecule has 92 valence electrons. The molecule has 1 atom stereocenters. The molecule has 2 N–H and O–H groups in total. The van der Waals surface area contributed by atoms with Crippen LogP contribution in [0.5, 0.6) is 0 Å². The van der Waals surface area contributed by atoms with Crippen molar-refractivity contribution in [1.29, 1.82) is 0 Å². The fourth-order valence-electron chi connectivity index (χ4n) is 2.29. The van der Waals surface area contributed by atoms with Crippen molar-refractivity contribution in [2.45, 2.75) is 45.7 Å². The van der Waals surface area contributed by atoms with Gasteiger partial charge in [-0.15, -0.1) is 0 Å². The zero-order chi connectivity index (χ0) is 12.4. The fraction of sp³-hybridized carbons (Fsp3) is 0.467. The molecule has 0 amide bonds. The topological polar surface area (TPSA) is 30.9 Å². The first kappa shape index (κ1) is 12.2. The molecule has 0 saturated carbocycles. The Labute approximate surface area is 103 Å². The molecule has 0 bridgehead atoms. The highest BCUT2D eigenvalue weighted by Gasteiger charge is 2.11. The third kappa shape index (κ3) is 2.37. The predicted molar refractivity (Wildman–Crippen MR) is 74.3 cm³/mol. The van der Waals surface area contributed by atoms with Gasteiger partial charge in [0.05, 0.1) is 0 Å². The van der Waals surface area contributed by atoms with Gasteiger partial charge in [0.25, 0.3) is 0 Å². The summed E-state index contributed by atoms with van der Waals surface area (Å²) in [6.07, 6.45) is 4.27. The quantitative estimate of drug-likeness (QED) is 0.856. The van der Waals surface area contributed by atoms with E-state index in [4.69, 9.17) is 5.73 Å². The van der Waals surface area contributed by atoms with E-state index in [0.29, 0.717) is 6.04 Å². The van der Waals surface area contributed by atoms with Crippen molar-refractivity contribution in [3.05, 3.63) is 36.0 Å². The molecular formula is C15H22N2. The standard InChI is InChI=1S/C15H22N2/c1-4-13(16)9-12-10-17(11(2)3)15-8-6-5-7-14(12)15/h5-8,10-11,13H,4,9,16H2,1-3H3. The number of hydrogen-bond acceptors (Lipinski definition) is 1. The van der Waals surface area contributed by atoms with Crippen LogP contribution in [-0.4, -0.2) is 10.6 Å². The minimum absolute atomic E-state index is 0.265. The van der Waals surface area contributed by atoms with Gasteiger partial charge in [-0.3, -0.25) is 0 Å². The van der Waals surface area contributed by atoms with Crippen molar-refractivity contribution in [3.8, 4) is 0 Å². The first-order chi connectivity index (χ1) is 8.13. The summed E-state index contributed by atoms with van der Waals surface area (Å²) in [6, 6.07) is 9.36. The van der Waals surface area contributed by atoms with E-state index in [2.05, 4.69) is 55.8 Å². The molecule has 0 aliphatic rings. The molecule has 17 heavy (non-hydrogen) atoms. The first-order valence-electron chi connectivity index (χ1n) is 6.47. The van der Waals surface area contributed by atoms with Crippen LogP contribution in [0.2, 0.25) is 0 Å². The summed E-state index contributed by atoms with van der Waals surface area (Å²) >= 11 is 0. The molecular weight excluding hydrogens is 208 g/mol. The molecule has 1 unspecified atom stereocenters. The van der Waals surface area contributed by atoms with Gasteiger partial charge in [-0.1, -0.05) is 25.1 Å². The molecule has 2 rings (SSSR count). The Kier molecular flexibility index (Phi) is 3.53. The van der Waals surface area contributed by atoms with Crippen molar-refractivity contribution in [3.63, 3.8) is 0 Å². The maximum atomic E-state index is 6.07. The minimum atomic E-state index is 0.265. The Hall–Kier alpha value is -1.28. The number of rotatable bonds is 4. The average Bonchev–Trinajstić information content (AvgIpc) is 2.68. The van der Waals surface area contributed by atoms with E-state index in [1.165, 1.54) is 16.5 Å². The van der Waals surface area contributed by atoms with E-state index in [1.807, 2.05) is 0 Å². The molecule has 1 aromatic heterocycles. The van der Waals surface area contributed by atoms with Crippen molar-refractivity contribution in [2.75, 3.05) is 0 Å². The summed E-state index contributed by atoms with van der Waals surface area (Å²) in [6.45, 7) is 6.58. The Morgan fingerprint density at radius 3 is 2.59 bits per heavy atom. The van der Waals surface area contributed by atoms with Gasteiger partial charge in [0.1, 0.15) is 0 Å². The van der Waals surface area contributed by atoms with E-state index in [1.54, 1.807) is 0 Å². The van der Waals surface area contributed by atoms with Crippen LogP contribution in [0.1, 0.15) is 38.8 Å². The summed E-state index contributed by atoms with van der Waals surface area (Å²) in [5, 5.41) is 1.35. The van der Waals surface area contributed by atoms with Gasteiger partial charge >= 0.3 is 0 Å². The van der Waals surface area contributed by atoms with Gasteiger partial charge in [0.2, 0.25) is 0 Å². The monoisotopic (exact) mass is 230 g/mol.